The lowest BCUT2D eigenvalue weighted by Crippen LogP contribution is -2.35. The van der Waals surface area contributed by atoms with Gasteiger partial charge in [-0.25, -0.2) is 0 Å². The van der Waals surface area contributed by atoms with E-state index in [0.717, 1.165) is 25.6 Å². The fraction of sp³-hybridized carbons (Fsp3) is 0.647. The number of anilines is 1. The first kappa shape index (κ1) is 13.9. The second-order valence-corrected chi connectivity index (χ2v) is 6.15. The van der Waals surface area contributed by atoms with Crippen LogP contribution in [0.2, 0.25) is 0 Å². The number of benzene rings is 1. The van der Waals surface area contributed by atoms with E-state index >= 15 is 0 Å². The van der Waals surface area contributed by atoms with Crippen molar-refractivity contribution in [3.8, 4) is 0 Å². The van der Waals surface area contributed by atoms with Crippen molar-refractivity contribution in [1.29, 1.82) is 0 Å². The summed E-state index contributed by atoms with van der Waals surface area (Å²) in [5, 5.41) is 3.53. The Labute approximate surface area is 122 Å². The van der Waals surface area contributed by atoms with E-state index in [9.17, 15) is 0 Å². The van der Waals surface area contributed by atoms with Gasteiger partial charge in [0.25, 0.3) is 0 Å². The van der Waals surface area contributed by atoms with Crippen LogP contribution in [0.3, 0.4) is 0 Å². The first-order valence-electron chi connectivity index (χ1n) is 7.93. The lowest BCUT2D eigenvalue weighted by atomic mass is 9.95. The summed E-state index contributed by atoms with van der Waals surface area (Å²) >= 11 is 0. The summed E-state index contributed by atoms with van der Waals surface area (Å²) in [6.45, 7) is 5.60. The van der Waals surface area contributed by atoms with Crippen LogP contribution < -0.4 is 5.32 Å². The van der Waals surface area contributed by atoms with Crippen LogP contribution in [0, 0.1) is 5.92 Å². The average molecular weight is 274 g/mol. The molecule has 0 aromatic heterocycles. The molecule has 110 valence electrons. The zero-order valence-corrected chi connectivity index (χ0v) is 12.5. The predicted molar refractivity (Wildman–Crippen MR) is 83.1 cm³/mol. The fourth-order valence-electron chi connectivity index (χ4n) is 3.52. The van der Waals surface area contributed by atoms with Crippen molar-refractivity contribution in [3.63, 3.8) is 0 Å². The maximum Gasteiger partial charge on any atom is 0.0491 e. The number of ether oxygens (including phenoxy) is 1. The van der Waals surface area contributed by atoms with Gasteiger partial charge >= 0.3 is 0 Å². The Morgan fingerprint density at radius 3 is 2.95 bits per heavy atom. The molecule has 1 saturated heterocycles. The highest BCUT2D eigenvalue weighted by molar-refractivity contribution is 5.56. The number of nitrogens with one attached hydrogen (secondary N) is 1. The molecular weight excluding hydrogens is 248 g/mol. The van der Waals surface area contributed by atoms with Crippen LogP contribution in [-0.2, 0) is 17.7 Å². The van der Waals surface area contributed by atoms with Crippen molar-refractivity contribution in [2.24, 2.45) is 5.92 Å². The fourth-order valence-corrected chi connectivity index (χ4v) is 3.52. The van der Waals surface area contributed by atoms with Crippen LogP contribution in [0.15, 0.2) is 18.2 Å². The minimum atomic E-state index is 0.766. The van der Waals surface area contributed by atoms with Crippen LogP contribution in [0.1, 0.15) is 30.4 Å². The van der Waals surface area contributed by atoms with Crippen molar-refractivity contribution in [2.45, 2.75) is 32.2 Å². The number of rotatable bonds is 4. The quantitative estimate of drug-likeness (QED) is 0.913. The molecule has 3 nitrogen and oxygen atoms in total. The van der Waals surface area contributed by atoms with Gasteiger partial charge in [-0.1, -0.05) is 12.1 Å². The van der Waals surface area contributed by atoms with Crippen molar-refractivity contribution in [3.05, 3.63) is 29.3 Å². The Kier molecular flexibility index (Phi) is 4.58. The van der Waals surface area contributed by atoms with Crippen molar-refractivity contribution >= 4 is 5.69 Å². The van der Waals surface area contributed by atoms with Gasteiger partial charge in [0.15, 0.2) is 0 Å². The Balaban J connectivity index is 1.61. The van der Waals surface area contributed by atoms with Gasteiger partial charge in [0.2, 0.25) is 0 Å². The molecule has 0 saturated carbocycles. The molecule has 0 atom stereocenters. The predicted octanol–water partition coefficient (Wildman–Crippen LogP) is 2.90. The largest absolute Gasteiger partial charge is 0.385 e. The third-order valence-electron chi connectivity index (χ3n) is 4.70. The number of fused-ring (bicyclic) bond motifs is 1. The van der Waals surface area contributed by atoms with E-state index in [4.69, 9.17) is 4.74 Å². The molecule has 1 aromatic carbocycles. The third kappa shape index (κ3) is 3.15. The van der Waals surface area contributed by atoms with E-state index in [-0.39, 0.29) is 0 Å². The van der Waals surface area contributed by atoms with E-state index in [1.165, 1.54) is 50.0 Å². The zero-order chi connectivity index (χ0) is 13.8. The smallest absolute Gasteiger partial charge is 0.0491 e. The van der Waals surface area contributed by atoms with Gasteiger partial charge in [0.1, 0.15) is 0 Å². The summed E-state index contributed by atoms with van der Waals surface area (Å²) in [5.41, 5.74) is 4.45. The number of hydrogen-bond acceptors (Lipinski definition) is 3. The first-order chi connectivity index (χ1) is 9.86. The van der Waals surface area contributed by atoms with Gasteiger partial charge in [0.05, 0.1) is 0 Å². The molecule has 0 unspecified atom stereocenters. The highest BCUT2D eigenvalue weighted by Crippen LogP contribution is 2.27. The van der Waals surface area contributed by atoms with Gasteiger partial charge < -0.3 is 10.1 Å². The number of nitrogens with zero attached hydrogens (tertiary/aromatic N) is 1. The van der Waals surface area contributed by atoms with Gasteiger partial charge in [-0.3, -0.25) is 4.90 Å². The van der Waals surface area contributed by atoms with Crippen LogP contribution in [-0.4, -0.2) is 38.3 Å². The third-order valence-corrected chi connectivity index (χ3v) is 4.70. The summed E-state index contributed by atoms with van der Waals surface area (Å²) in [7, 11) is 1.82. The van der Waals surface area contributed by atoms with Crippen molar-refractivity contribution in [1.82, 2.24) is 4.90 Å². The van der Waals surface area contributed by atoms with Crippen LogP contribution in [0.4, 0.5) is 5.69 Å². The maximum atomic E-state index is 5.28. The molecule has 1 aromatic rings. The average Bonchev–Trinajstić information content (AvgIpc) is 2.50. The Hall–Kier alpha value is -1.06. The number of methoxy groups -OCH3 is 1. The van der Waals surface area contributed by atoms with E-state index < -0.39 is 0 Å². The number of piperidine rings is 1. The lowest BCUT2D eigenvalue weighted by molar-refractivity contribution is 0.0967. The van der Waals surface area contributed by atoms with Crippen LogP contribution in [0.25, 0.3) is 0 Å². The van der Waals surface area contributed by atoms with Crippen molar-refractivity contribution < 1.29 is 4.74 Å². The maximum absolute atomic E-state index is 5.28. The summed E-state index contributed by atoms with van der Waals surface area (Å²) in [5.74, 6) is 0.766. The SMILES string of the molecule is COCC1CCN(Cc2cccc3c2CCCN3)CC1. The standard InChI is InChI=1S/C17H26N2O/c1-20-13-14-7-10-19(11-8-14)12-15-4-2-6-17-16(15)5-3-9-18-17/h2,4,6,14,18H,3,5,7-13H2,1H3. The minimum Gasteiger partial charge on any atom is -0.385 e. The highest BCUT2D eigenvalue weighted by atomic mass is 16.5. The highest BCUT2D eigenvalue weighted by Gasteiger charge is 2.20. The zero-order valence-electron chi connectivity index (χ0n) is 12.5. The molecule has 2 aliphatic rings. The molecule has 3 rings (SSSR count). The second kappa shape index (κ2) is 6.59. The Morgan fingerprint density at radius 2 is 2.15 bits per heavy atom. The number of likely N-dealkylation sites (tertiary alicyclic amines) is 1. The topological polar surface area (TPSA) is 24.5 Å². The van der Waals surface area contributed by atoms with Gasteiger partial charge in [-0.05, 0) is 61.9 Å². The molecule has 0 aliphatic carbocycles. The first-order valence-corrected chi connectivity index (χ1v) is 7.93. The Morgan fingerprint density at radius 1 is 1.30 bits per heavy atom. The Bertz CT molecular complexity index is 439. The minimum absolute atomic E-state index is 0.766. The summed E-state index contributed by atoms with van der Waals surface area (Å²) in [4.78, 5) is 2.61. The number of hydrogen-bond donors (Lipinski definition) is 1. The van der Waals surface area contributed by atoms with Gasteiger partial charge in [-0.2, -0.15) is 0 Å². The van der Waals surface area contributed by atoms with E-state index in [1.54, 1.807) is 5.56 Å². The molecule has 0 spiro atoms. The van der Waals surface area contributed by atoms with Gasteiger partial charge in [-0.15, -0.1) is 0 Å². The van der Waals surface area contributed by atoms with Crippen molar-refractivity contribution in [2.75, 3.05) is 38.7 Å². The lowest BCUT2D eigenvalue weighted by Gasteiger charge is -2.32. The molecule has 1 N–H and O–H groups in total. The molecule has 0 amide bonds. The van der Waals surface area contributed by atoms with Gasteiger partial charge in [0, 0.05) is 32.5 Å². The summed E-state index contributed by atoms with van der Waals surface area (Å²) in [6, 6.07) is 6.74. The molecule has 2 heterocycles. The molecule has 3 heteroatoms. The summed E-state index contributed by atoms with van der Waals surface area (Å²) < 4.78 is 5.28. The van der Waals surface area contributed by atoms with Crippen LogP contribution in [0.5, 0.6) is 0 Å². The molecular formula is C17H26N2O. The normalized spacial score (nSPS) is 20.4. The van der Waals surface area contributed by atoms with E-state index in [0.29, 0.717) is 0 Å². The molecule has 0 bridgehead atoms. The van der Waals surface area contributed by atoms with E-state index in [2.05, 4.69) is 28.4 Å². The van der Waals surface area contributed by atoms with E-state index in [1.807, 2.05) is 7.11 Å². The molecule has 2 aliphatic heterocycles. The van der Waals surface area contributed by atoms with Crippen LogP contribution >= 0.6 is 0 Å². The molecule has 1 fully saturated rings. The summed E-state index contributed by atoms with van der Waals surface area (Å²) in [6.07, 6.45) is 5.06. The molecule has 0 radical (unpaired) electrons. The molecule has 20 heavy (non-hydrogen) atoms. The second-order valence-electron chi connectivity index (χ2n) is 6.15. The monoisotopic (exact) mass is 274 g/mol.